The van der Waals surface area contributed by atoms with Crippen molar-refractivity contribution in [3.63, 3.8) is 0 Å². The van der Waals surface area contributed by atoms with Gasteiger partial charge in [0, 0.05) is 38.3 Å². The molecule has 4 heterocycles. The molecule has 36 heavy (non-hydrogen) atoms. The molecule has 0 bridgehead atoms. The van der Waals surface area contributed by atoms with Crippen LogP contribution in [0, 0.1) is 5.41 Å². The molecule has 1 N–H and O–H groups in total. The van der Waals surface area contributed by atoms with Crippen molar-refractivity contribution < 1.29 is 9.59 Å². The third-order valence-electron chi connectivity index (χ3n) is 8.26. The van der Waals surface area contributed by atoms with E-state index in [4.69, 9.17) is 4.98 Å². The number of rotatable bonds is 5. The highest BCUT2D eigenvalue weighted by Crippen LogP contribution is 2.47. The molecule has 3 fully saturated rings. The topological polar surface area (TPSA) is 96.2 Å². The van der Waals surface area contributed by atoms with Crippen molar-refractivity contribution in [2.75, 3.05) is 30.9 Å². The Morgan fingerprint density at radius 1 is 1.06 bits per heavy atom. The predicted molar refractivity (Wildman–Crippen MR) is 138 cm³/mol. The molecule has 3 aromatic rings. The maximum Gasteiger partial charge on any atom is 0.270 e. The third kappa shape index (κ3) is 3.81. The number of anilines is 3. The van der Waals surface area contributed by atoms with Crippen LogP contribution in [0.25, 0.3) is 11.0 Å². The Balaban J connectivity index is 1.25. The molecule has 2 saturated carbocycles. The van der Waals surface area contributed by atoms with E-state index in [0.29, 0.717) is 17.5 Å². The number of pyridine rings is 1. The van der Waals surface area contributed by atoms with Gasteiger partial charge in [-0.2, -0.15) is 4.98 Å². The number of amides is 2. The van der Waals surface area contributed by atoms with Crippen LogP contribution in [0.15, 0.2) is 30.6 Å². The van der Waals surface area contributed by atoms with Gasteiger partial charge in [0.1, 0.15) is 17.2 Å². The second-order valence-electron chi connectivity index (χ2n) is 10.7. The van der Waals surface area contributed by atoms with E-state index in [2.05, 4.69) is 19.9 Å². The lowest BCUT2D eigenvalue weighted by molar-refractivity contribution is -0.125. The van der Waals surface area contributed by atoms with E-state index in [9.17, 15) is 9.59 Å². The fraction of sp³-hybridized carbons (Fsp3) is 0.519. The number of carbonyl (C=O) groups excluding carboxylic acids is 2. The van der Waals surface area contributed by atoms with Gasteiger partial charge in [-0.1, -0.05) is 25.7 Å². The van der Waals surface area contributed by atoms with Crippen molar-refractivity contribution >= 4 is 40.3 Å². The van der Waals surface area contributed by atoms with Crippen molar-refractivity contribution in [2.45, 2.75) is 63.8 Å². The maximum absolute atomic E-state index is 13.1. The first-order valence-corrected chi connectivity index (χ1v) is 13.1. The number of carbonyl (C=O) groups is 2. The molecule has 2 amide bonds. The Labute approximate surface area is 210 Å². The van der Waals surface area contributed by atoms with Crippen LogP contribution in [-0.2, 0) is 4.79 Å². The molecule has 9 nitrogen and oxygen atoms in total. The van der Waals surface area contributed by atoms with Crippen LogP contribution in [0.5, 0.6) is 0 Å². The Morgan fingerprint density at radius 3 is 2.53 bits per heavy atom. The first kappa shape index (κ1) is 22.9. The van der Waals surface area contributed by atoms with Crippen LogP contribution in [0.1, 0.15) is 74.3 Å². The second kappa shape index (κ2) is 8.87. The molecule has 0 atom stereocenters. The van der Waals surface area contributed by atoms with Gasteiger partial charge in [-0.3, -0.25) is 9.59 Å². The van der Waals surface area contributed by atoms with Crippen LogP contribution in [-0.4, -0.2) is 56.9 Å². The molecule has 1 spiro atoms. The number of aromatic nitrogens is 4. The number of hydrogen-bond donors (Lipinski definition) is 1. The Hall–Kier alpha value is -3.49. The molecule has 0 aromatic carbocycles. The lowest BCUT2D eigenvalue weighted by Crippen LogP contribution is -2.32. The van der Waals surface area contributed by atoms with Crippen molar-refractivity contribution in [1.82, 2.24) is 24.4 Å². The summed E-state index contributed by atoms with van der Waals surface area (Å²) in [6, 6.07) is 5.97. The molecule has 188 valence electrons. The summed E-state index contributed by atoms with van der Waals surface area (Å²) >= 11 is 0. The van der Waals surface area contributed by atoms with Gasteiger partial charge < -0.3 is 19.7 Å². The normalized spacial score (nSPS) is 19.6. The Kier molecular flexibility index (Phi) is 5.65. The minimum Gasteiger partial charge on any atom is -0.343 e. The van der Waals surface area contributed by atoms with E-state index in [1.54, 1.807) is 31.4 Å². The highest BCUT2D eigenvalue weighted by molar-refractivity contribution is 6.00. The molecule has 0 radical (unpaired) electrons. The van der Waals surface area contributed by atoms with Crippen LogP contribution in [0.2, 0.25) is 0 Å². The highest BCUT2D eigenvalue weighted by Gasteiger charge is 2.48. The molecule has 0 unspecified atom stereocenters. The average molecular weight is 488 g/mol. The minimum absolute atomic E-state index is 0.0255. The summed E-state index contributed by atoms with van der Waals surface area (Å²) in [6.45, 7) is 0.763. The van der Waals surface area contributed by atoms with Crippen LogP contribution < -0.4 is 10.2 Å². The summed E-state index contributed by atoms with van der Waals surface area (Å²) in [7, 11) is 3.55. The summed E-state index contributed by atoms with van der Waals surface area (Å²) in [6.07, 6.45) is 13.2. The highest BCUT2D eigenvalue weighted by atomic mass is 16.2. The number of nitrogens with zero attached hydrogens (tertiary/aromatic N) is 6. The van der Waals surface area contributed by atoms with Gasteiger partial charge in [0.05, 0.1) is 17.3 Å². The van der Waals surface area contributed by atoms with Crippen molar-refractivity contribution in [3.8, 4) is 0 Å². The Bertz CT molecular complexity index is 1300. The third-order valence-corrected chi connectivity index (χ3v) is 8.26. The van der Waals surface area contributed by atoms with Gasteiger partial charge in [-0.15, -0.1) is 0 Å². The van der Waals surface area contributed by atoms with E-state index in [1.165, 1.54) is 0 Å². The van der Waals surface area contributed by atoms with E-state index < -0.39 is 0 Å². The molecular formula is C27H33N7O2. The average Bonchev–Trinajstić information content (AvgIpc) is 3.67. The van der Waals surface area contributed by atoms with E-state index in [1.807, 2.05) is 23.1 Å². The molecule has 9 heteroatoms. The summed E-state index contributed by atoms with van der Waals surface area (Å²) < 4.78 is 2.10. The lowest BCUT2D eigenvalue weighted by Gasteiger charge is -2.22. The molecule has 1 aliphatic heterocycles. The van der Waals surface area contributed by atoms with Gasteiger partial charge in [0.15, 0.2) is 0 Å². The number of hydrogen-bond acceptors (Lipinski definition) is 6. The molecule has 1 saturated heterocycles. The van der Waals surface area contributed by atoms with Crippen molar-refractivity contribution in [2.24, 2.45) is 5.41 Å². The fourth-order valence-corrected chi connectivity index (χ4v) is 6.31. The summed E-state index contributed by atoms with van der Waals surface area (Å²) in [4.78, 5) is 43.4. The SMILES string of the molecule is CN(C)C(=O)c1cc2cnc(Nc3ccc(N4CCC5(CCCC5)C4=O)cn3)nc2n1C1CCCC1. The van der Waals surface area contributed by atoms with E-state index >= 15 is 0 Å². The molecule has 2 aliphatic carbocycles. The van der Waals surface area contributed by atoms with Gasteiger partial charge >= 0.3 is 0 Å². The standard InChI is InChI=1S/C27H33N7O2/c1-32(2)24(35)21-15-18-16-29-26(31-23(18)34(21)19-7-3-4-8-19)30-22-10-9-20(17-28-22)33-14-13-27(25(33)36)11-5-6-12-27/h9-10,15-17,19H,3-8,11-14H2,1-2H3,(H,28,29,30,31). The fourth-order valence-electron chi connectivity index (χ4n) is 6.31. The van der Waals surface area contributed by atoms with Crippen LogP contribution in [0.3, 0.4) is 0 Å². The minimum atomic E-state index is -0.138. The zero-order valence-corrected chi connectivity index (χ0v) is 21.0. The monoisotopic (exact) mass is 487 g/mol. The first-order chi connectivity index (χ1) is 17.4. The van der Waals surface area contributed by atoms with Gasteiger partial charge in [-0.25, -0.2) is 9.97 Å². The van der Waals surface area contributed by atoms with E-state index in [-0.39, 0.29) is 23.3 Å². The van der Waals surface area contributed by atoms with Crippen molar-refractivity contribution in [1.29, 1.82) is 0 Å². The summed E-state index contributed by atoms with van der Waals surface area (Å²) in [5.41, 5.74) is 2.13. The maximum atomic E-state index is 13.1. The molecule has 3 aliphatic rings. The zero-order valence-electron chi connectivity index (χ0n) is 21.0. The largest absolute Gasteiger partial charge is 0.343 e. The predicted octanol–water partition coefficient (Wildman–Crippen LogP) is 4.68. The number of fused-ring (bicyclic) bond motifs is 1. The van der Waals surface area contributed by atoms with Crippen LogP contribution in [0.4, 0.5) is 17.5 Å². The molecular weight excluding hydrogens is 454 g/mol. The summed E-state index contributed by atoms with van der Waals surface area (Å²) in [5.74, 6) is 1.28. The molecule has 6 rings (SSSR count). The van der Waals surface area contributed by atoms with Gasteiger partial charge in [-0.05, 0) is 50.3 Å². The second-order valence-corrected chi connectivity index (χ2v) is 10.7. The van der Waals surface area contributed by atoms with Gasteiger partial charge in [0.25, 0.3) is 5.91 Å². The quantitative estimate of drug-likeness (QED) is 0.561. The van der Waals surface area contributed by atoms with Crippen LogP contribution >= 0.6 is 0 Å². The lowest BCUT2D eigenvalue weighted by atomic mass is 9.85. The van der Waals surface area contributed by atoms with E-state index in [0.717, 1.165) is 81.1 Å². The van der Waals surface area contributed by atoms with Gasteiger partial charge in [0.2, 0.25) is 11.9 Å². The smallest absolute Gasteiger partial charge is 0.270 e. The summed E-state index contributed by atoms with van der Waals surface area (Å²) in [5, 5.41) is 4.06. The Morgan fingerprint density at radius 2 is 1.83 bits per heavy atom. The number of nitrogens with one attached hydrogen (secondary N) is 1. The van der Waals surface area contributed by atoms with Crippen molar-refractivity contribution in [3.05, 3.63) is 36.3 Å². The molecule has 3 aromatic heterocycles. The zero-order chi connectivity index (χ0) is 24.9. The first-order valence-electron chi connectivity index (χ1n) is 13.1.